The van der Waals surface area contributed by atoms with Crippen molar-refractivity contribution in [3.05, 3.63) is 0 Å². The van der Waals surface area contributed by atoms with Gasteiger partial charge >= 0.3 is 0 Å². The van der Waals surface area contributed by atoms with Gasteiger partial charge in [-0.3, -0.25) is 0 Å². The highest BCUT2D eigenvalue weighted by atomic mass is 28.2. The average Bonchev–Trinajstić information content (AvgIpc) is 1.63. The van der Waals surface area contributed by atoms with E-state index in [1.54, 1.807) is 0 Å². The van der Waals surface area contributed by atoms with Crippen LogP contribution in [0.15, 0.2) is 0 Å². The van der Waals surface area contributed by atoms with Crippen molar-refractivity contribution in [2.24, 2.45) is 0 Å². The topological polar surface area (TPSA) is 12.5 Å². The van der Waals surface area contributed by atoms with E-state index in [9.17, 15) is 0 Å². The highest BCUT2D eigenvalue weighted by molar-refractivity contribution is 6.03. The van der Waals surface area contributed by atoms with Crippen molar-refractivity contribution in [2.45, 2.75) is 32.8 Å². The maximum Gasteiger partial charge on any atom is 0.113 e. The molecule has 0 saturated carbocycles. The van der Waals surface area contributed by atoms with Gasteiger partial charge in [-0.25, -0.2) is 4.73 Å². The molecule has 0 aromatic carbocycles. The van der Waals surface area contributed by atoms with Crippen molar-refractivity contribution in [1.29, 1.82) is 0 Å². The molecule has 0 aliphatic carbocycles. The minimum Gasteiger partial charge on any atom is -0.304 e. The Hall–Kier alpha value is 0.137. The number of rotatable bonds is 4. The van der Waals surface area contributed by atoms with Crippen LogP contribution in [0.2, 0.25) is 0 Å². The largest absolute Gasteiger partial charge is 0.304 e. The molecule has 0 aliphatic rings. The van der Waals surface area contributed by atoms with Crippen molar-refractivity contribution in [3.8, 4) is 0 Å². The van der Waals surface area contributed by atoms with Crippen LogP contribution >= 0.6 is 0 Å². The van der Waals surface area contributed by atoms with Gasteiger partial charge in [-0.1, -0.05) is 13.3 Å². The lowest BCUT2D eigenvalue weighted by atomic mass is 10.2. The van der Waals surface area contributed by atoms with Crippen LogP contribution in [-0.4, -0.2) is 28.3 Å². The molecule has 0 bridgehead atoms. The van der Waals surface area contributed by atoms with Crippen LogP contribution in [-0.2, 0) is 4.84 Å². The Morgan fingerprint density at radius 3 is 2.56 bits per heavy atom. The summed E-state index contributed by atoms with van der Waals surface area (Å²) in [5, 5.41) is 0. The monoisotopic (exact) mass is 147 g/mol. The lowest BCUT2D eigenvalue weighted by Gasteiger charge is -2.16. The molecule has 0 saturated heterocycles. The zero-order chi connectivity index (χ0) is 7.28. The third-order valence-electron chi connectivity index (χ3n) is 1.09. The van der Waals surface area contributed by atoms with Gasteiger partial charge in [0, 0.05) is 7.05 Å². The second kappa shape index (κ2) is 4.96. The maximum absolute atomic E-state index is 5.39. The summed E-state index contributed by atoms with van der Waals surface area (Å²) in [4.78, 5) is 5.39. The summed E-state index contributed by atoms with van der Waals surface area (Å²) in [5.74, 6) is 0. The van der Waals surface area contributed by atoms with E-state index in [2.05, 4.69) is 13.8 Å². The third-order valence-corrected chi connectivity index (χ3v) is 1.30. The quantitative estimate of drug-likeness (QED) is 0.419. The molecule has 0 rings (SSSR count). The average molecular weight is 147 g/mol. The van der Waals surface area contributed by atoms with Gasteiger partial charge in [0.1, 0.15) is 10.4 Å². The zero-order valence-electron chi connectivity index (χ0n) is 6.85. The minimum absolute atomic E-state index is 0.400. The van der Waals surface area contributed by atoms with Crippen molar-refractivity contribution in [3.63, 3.8) is 0 Å². The Balaban J connectivity index is 3.15. The van der Waals surface area contributed by atoms with Crippen molar-refractivity contribution in [1.82, 2.24) is 4.73 Å². The predicted molar refractivity (Wildman–Crippen MR) is 43.2 cm³/mol. The summed E-state index contributed by atoms with van der Waals surface area (Å²) in [6.07, 6.45) is 2.76. The molecule has 0 N–H and O–H groups in total. The Bertz CT molecular complexity index is 68.1. The molecule has 0 heterocycles. The Kier molecular flexibility index (Phi) is 5.04. The van der Waals surface area contributed by atoms with Crippen LogP contribution in [0, 0.1) is 0 Å². The number of hydroxylamine groups is 1. The van der Waals surface area contributed by atoms with E-state index < -0.39 is 0 Å². The molecule has 0 aliphatic heterocycles. The van der Waals surface area contributed by atoms with E-state index in [-0.39, 0.29) is 0 Å². The first-order valence-electron chi connectivity index (χ1n) is 3.51. The molecule has 2 nitrogen and oxygen atoms in total. The molecule has 0 fully saturated rings. The molecule has 1 unspecified atom stereocenters. The van der Waals surface area contributed by atoms with Crippen LogP contribution in [0.4, 0.5) is 0 Å². The number of hydrogen-bond acceptors (Lipinski definition) is 2. The predicted octanol–water partition coefficient (Wildman–Crippen LogP) is 0.319. The second-order valence-electron chi connectivity index (χ2n) is 2.52. The summed E-state index contributed by atoms with van der Waals surface area (Å²) in [7, 11) is 2.96. The molecular formula is C6H17NOSi. The SMILES string of the molecule is CCCC(C)ON(C)[SiH3]. The van der Waals surface area contributed by atoms with Gasteiger partial charge < -0.3 is 4.84 Å². The molecule has 0 spiro atoms. The molecule has 0 aromatic rings. The van der Waals surface area contributed by atoms with Gasteiger partial charge in [0.05, 0.1) is 6.10 Å². The van der Waals surface area contributed by atoms with Crippen molar-refractivity contribution >= 4 is 10.4 Å². The van der Waals surface area contributed by atoms with Gasteiger partial charge in [-0.05, 0) is 13.3 Å². The fraction of sp³-hybridized carbons (Fsp3) is 1.00. The van der Waals surface area contributed by atoms with Gasteiger partial charge in [-0.2, -0.15) is 0 Å². The fourth-order valence-electron chi connectivity index (χ4n) is 0.819. The van der Waals surface area contributed by atoms with Crippen LogP contribution < -0.4 is 0 Å². The second-order valence-corrected chi connectivity index (χ2v) is 3.78. The summed E-state index contributed by atoms with van der Waals surface area (Å²) in [6.45, 7) is 4.28. The van der Waals surface area contributed by atoms with E-state index >= 15 is 0 Å². The van der Waals surface area contributed by atoms with Gasteiger partial charge in [0.15, 0.2) is 0 Å². The van der Waals surface area contributed by atoms with Crippen LogP contribution in [0.1, 0.15) is 26.7 Å². The summed E-state index contributed by atoms with van der Waals surface area (Å²) >= 11 is 0. The fourth-order valence-corrected chi connectivity index (χ4v) is 1.18. The van der Waals surface area contributed by atoms with Crippen LogP contribution in [0.25, 0.3) is 0 Å². The van der Waals surface area contributed by atoms with Gasteiger partial charge in [0.2, 0.25) is 0 Å². The standard InChI is InChI=1S/C6H17NOSi/c1-4-5-6(2)8-7(3)9/h6H,4-5H2,1-3,9H3. The first-order valence-corrected chi connectivity index (χ1v) is 4.40. The van der Waals surface area contributed by atoms with E-state index in [4.69, 9.17) is 4.84 Å². The highest BCUT2D eigenvalue weighted by Gasteiger charge is 1.99. The van der Waals surface area contributed by atoms with Crippen LogP contribution in [0.3, 0.4) is 0 Å². The Labute approximate surface area is 60.6 Å². The summed E-state index contributed by atoms with van der Waals surface area (Å²) in [5.41, 5.74) is 0. The lowest BCUT2D eigenvalue weighted by Crippen LogP contribution is -2.21. The van der Waals surface area contributed by atoms with Crippen molar-refractivity contribution in [2.75, 3.05) is 7.05 Å². The van der Waals surface area contributed by atoms with E-state index in [1.165, 1.54) is 6.42 Å². The lowest BCUT2D eigenvalue weighted by molar-refractivity contribution is -0.112. The zero-order valence-corrected chi connectivity index (χ0v) is 8.85. The van der Waals surface area contributed by atoms with Crippen molar-refractivity contribution < 1.29 is 4.84 Å². The Morgan fingerprint density at radius 2 is 2.22 bits per heavy atom. The molecule has 9 heavy (non-hydrogen) atoms. The maximum atomic E-state index is 5.39. The first kappa shape index (κ1) is 9.14. The van der Waals surface area contributed by atoms with Gasteiger partial charge in [-0.15, -0.1) is 0 Å². The molecule has 0 aromatic heterocycles. The third kappa shape index (κ3) is 6.02. The Morgan fingerprint density at radius 1 is 1.67 bits per heavy atom. The molecule has 56 valence electrons. The molecule has 0 radical (unpaired) electrons. The van der Waals surface area contributed by atoms with Gasteiger partial charge in [0.25, 0.3) is 0 Å². The summed E-state index contributed by atoms with van der Waals surface area (Å²) < 4.78 is 1.89. The van der Waals surface area contributed by atoms with E-state index in [0.29, 0.717) is 6.10 Å². The molecule has 0 amide bonds. The smallest absolute Gasteiger partial charge is 0.113 e. The normalized spacial score (nSPS) is 14.7. The van der Waals surface area contributed by atoms with Crippen LogP contribution in [0.5, 0.6) is 0 Å². The van der Waals surface area contributed by atoms with E-state index in [1.807, 2.05) is 11.8 Å². The molecule has 1 atom stereocenters. The molecule has 3 heteroatoms. The number of hydrogen-bond donors (Lipinski definition) is 0. The minimum atomic E-state index is 0.400. The highest BCUT2D eigenvalue weighted by Crippen LogP contribution is 2.00. The number of nitrogens with zero attached hydrogens (tertiary/aromatic N) is 1. The first-order chi connectivity index (χ1) is 4.16. The summed E-state index contributed by atoms with van der Waals surface area (Å²) in [6, 6.07) is 0. The molecular weight excluding hydrogens is 130 g/mol. The van der Waals surface area contributed by atoms with E-state index in [0.717, 1.165) is 16.8 Å².